The molecule has 0 radical (unpaired) electrons. The largest absolute Gasteiger partial charge is 0.495 e. The highest BCUT2D eigenvalue weighted by Gasteiger charge is 2.19. The Morgan fingerprint density at radius 3 is 2.89 bits per heavy atom. The van der Waals surface area contributed by atoms with Crippen LogP contribution in [-0.4, -0.2) is 16.4 Å². The summed E-state index contributed by atoms with van der Waals surface area (Å²) >= 11 is 3.85. The van der Waals surface area contributed by atoms with Crippen LogP contribution in [0.2, 0.25) is 0 Å². The predicted molar refractivity (Wildman–Crippen MR) is 38.2 cm³/mol. The van der Waals surface area contributed by atoms with Gasteiger partial charge in [0, 0.05) is 12.3 Å². The number of hydrogen-bond donors (Lipinski definition) is 4. The van der Waals surface area contributed by atoms with Crippen LogP contribution in [0.5, 0.6) is 0 Å². The standard InChI is InChI=1S/C4H7N3OS/c5-4(9)6-2-1-3(8)7-4/h1-2,7-9H,5H2. The van der Waals surface area contributed by atoms with Gasteiger partial charge in [-0.25, -0.2) is 4.99 Å². The molecule has 0 aromatic carbocycles. The number of nitrogens with two attached hydrogens (primary N) is 1. The number of nitrogens with zero attached hydrogens (tertiary/aromatic N) is 1. The molecule has 0 aliphatic carbocycles. The van der Waals surface area contributed by atoms with E-state index in [2.05, 4.69) is 22.9 Å². The fourth-order valence-corrected chi connectivity index (χ4v) is 0.665. The molecular weight excluding hydrogens is 138 g/mol. The lowest BCUT2D eigenvalue weighted by Gasteiger charge is -2.22. The molecule has 0 amide bonds. The van der Waals surface area contributed by atoms with Crippen LogP contribution in [0, 0.1) is 0 Å². The van der Waals surface area contributed by atoms with Crippen LogP contribution < -0.4 is 11.1 Å². The Bertz CT molecular complexity index is 175. The minimum Gasteiger partial charge on any atom is -0.495 e. The summed E-state index contributed by atoms with van der Waals surface area (Å²) in [6.07, 6.45) is 2.78. The van der Waals surface area contributed by atoms with Gasteiger partial charge in [0.25, 0.3) is 0 Å². The van der Waals surface area contributed by atoms with E-state index in [0.717, 1.165) is 0 Å². The van der Waals surface area contributed by atoms with Crippen LogP contribution in [0.1, 0.15) is 0 Å². The molecule has 1 atom stereocenters. The molecule has 0 saturated carbocycles. The topological polar surface area (TPSA) is 70.6 Å². The van der Waals surface area contributed by atoms with Crippen LogP contribution in [0.3, 0.4) is 0 Å². The van der Waals surface area contributed by atoms with Gasteiger partial charge in [0.1, 0.15) is 0 Å². The van der Waals surface area contributed by atoms with Crippen molar-refractivity contribution in [2.45, 2.75) is 5.12 Å². The SMILES string of the molecule is NC1(S)N=CC=C(O)N1. The predicted octanol–water partition coefficient (Wildman–Crippen LogP) is -0.440. The highest BCUT2D eigenvalue weighted by atomic mass is 32.1. The Morgan fingerprint density at radius 1 is 1.89 bits per heavy atom. The van der Waals surface area contributed by atoms with Crippen LogP contribution in [0.15, 0.2) is 17.0 Å². The summed E-state index contributed by atoms with van der Waals surface area (Å²) in [5, 5.41) is 10.0. The molecule has 5 heteroatoms. The highest BCUT2D eigenvalue weighted by molar-refractivity contribution is 7.81. The van der Waals surface area contributed by atoms with Crippen molar-refractivity contribution in [3.63, 3.8) is 0 Å². The molecule has 0 fully saturated rings. The van der Waals surface area contributed by atoms with Gasteiger partial charge in [0.05, 0.1) is 0 Å². The van der Waals surface area contributed by atoms with Crippen molar-refractivity contribution < 1.29 is 5.11 Å². The molecule has 4 N–H and O–H groups in total. The summed E-state index contributed by atoms with van der Waals surface area (Å²) in [5.41, 5.74) is 5.32. The molecule has 0 saturated heterocycles. The molecule has 0 aromatic heterocycles. The molecule has 1 aliphatic rings. The van der Waals surface area contributed by atoms with Crippen molar-refractivity contribution in [1.29, 1.82) is 0 Å². The molecule has 1 heterocycles. The molecule has 1 unspecified atom stereocenters. The molecular formula is C4H7N3OS. The van der Waals surface area contributed by atoms with Crippen LogP contribution >= 0.6 is 12.6 Å². The minimum absolute atomic E-state index is 0.0255. The van der Waals surface area contributed by atoms with Crippen molar-refractivity contribution in [2.24, 2.45) is 10.7 Å². The van der Waals surface area contributed by atoms with E-state index in [4.69, 9.17) is 10.8 Å². The first-order valence-corrected chi connectivity index (χ1v) is 2.79. The van der Waals surface area contributed by atoms with E-state index < -0.39 is 5.12 Å². The average Bonchev–Trinajstić information content (AvgIpc) is 1.60. The van der Waals surface area contributed by atoms with Gasteiger partial charge in [0.2, 0.25) is 5.12 Å². The van der Waals surface area contributed by atoms with Gasteiger partial charge in [0.15, 0.2) is 5.88 Å². The second-order valence-electron chi connectivity index (χ2n) is 1.68. The van der Waals surface area contributed by atoms with Crippen molar-refractivity contribution in [3.05, 3.63) is 12.0 Å². The third-order valence-corrected chi connectivity index (χ3v) is 1.04. The summed E-state index contributed by atoms with van der Waals surface area (Å²) in [6.45, 7) is 0. The van der Waals surface area contributed by atoms with E-state index in [1.54, 1.807) is 0 Å². The maximum Gasteiger partial charge on any atom is 0.231 e. The number of allylic oxidation sites excluding steroid dienone is 1. The molecule has 50 valence electrons. The fraction of sp³-hybridized carbons (Fsp3) is 0.250. The van der Waals surface area contributed by atoms with Crippen LogP contribution in [-0.2, 0) is 0 Å². The lowest BCUT2D eigenvalue weighted by atomic mass is 10.5. The minimum atomic E-state index is -1.15. The van der Waals surface area contributed by atoms with Crippen molar-refractivity contribution in [2.75, 3.05) is 0 Å². The Kier molecular flexibility index (Phi) is 1.38. The summed E-state index contributed by atoms with van der Waals surface area (Å²) in [4.78, 5) is 3.68. The smallest absolute Gasteiger partial charge is 0.231 e. The number of aliphatic hydroxyl groups is 1. The maximum absolute atomic E-state index is 8.77. The van der Waals surface area contributed by atoms with Crippen molar-refractivity contribution >= 4 is 18.8 Å². The number of aliphatic imine (C=N–C) groups is 1. The van der Waals surface area contributed by atoms with E-state index in [0.29, 0.717) is 0 Å². The van der Waals surface area contributed by atoms with Gasteiger partial charge in [-0.2, -0.15) is 0 Å². The van der Waals surface area contributed by atoms with Gasteiger partial charge in [-0.3, -0.25) is 5.73 Å². The quantitative estimate of drug-likeness (QED) is 0.276. The summed E-state index contributed by atoms with van der Waals surface area (Å²) in [6, 6.07) is 0. The van der Waals surface area contributed by atoms with E-state index in [-0.39, 0.29) is 5.88 Å². The Hall–Kier alpha value is -0.680. The first-order valence-electron chi connectivity index (χ1n) is 2.34. The monoisotopic (exact) mass is 145 g/mol. The molecule has 1 rings (SSSR count). The third-order valence-electron chi connectivity index (χ3n) is 0.816. The average molecular weight is 145 g/mol. The second-order valence-corrected chi connectivity index (χ2v) is 2.36. The van der Waals surface area contributed by atoms with E-state index in [1.807, 2.05) is 0 Å². The Morgan fingerprint density at radius 2 is 2.56 bits per heavy atom. The zero-order valence-corrected chi connectivity index (χ0v) is 5.47. The normalized spacial score (nSPS) is 33.3. The zero-order valence-electron chi connectivity index (χ0n) is 4.57. The summed E-state index contributed by atoms with van der Waals surface area (Å²) < 4.78 is 0. The molecule has 4 nitrogen and oxygen atoms in total. The number of aliphatic hydroxyl groups excluding tert-OH is 1. The van der Waals surface area contributed by atoms with E-state index >= 15 is 0 Å². The van der Waals surface area contributed by atoms with Gasteiger partial charge in [-0.15, -0.1) is 12.6 Å². The molecule has 0 bridgehead atoms. The molecule has 0 aromatic rings. The first kappa shape index (κ1) is 6.44. The summed E-state index contributed by atoms with van der Waals surface area (Å²) in [7, 11) is 0. The van der Waals surface area contributed by atoms with E-state index in [9.17, 15) is 0 Å². The maximum atomic E-state index is 8.77. The van der Waals surface area contributed by atoms with Gasteiger partial charge in [-0.05, 0) is 0 Å². The first-order chi connectivity index (χ1) is 4.10. The van der Waals surface area contributed by atoms with Crippen molar-refractivity contribution in [1.82, 2.24) is 5.32 Å². The third kappa shape index (κ3) is 1.62. The Labute approximate surface area is 57.9 Å². The molecule has 9 heavy (non-hydrogen) atoms. The van der Waals surface area contributed by atoms with Gasteiger partial charge < -0.3 is 10.4 Å². The number of thiol groups is 1. The summed E-state index contributed by atoms with van der Waals surface area (Å²) in [5.74, 6) is -0.0255. The molecule has 1 aliphatic heterocycles. The second kappa shape index (κ2) is 1.93. The fourth-order valence-electron chi connectivity index (χ4n) is 0.484. The van der Waals surface area contributed by atoms with Gasteiger partial charge in [-0.1, -0.05) is 0 Å². The number of rotatable bonds is 0. The zero-order chi connectivity index (χ0) is 6.91. The van der Waals surface area contributed by atoms with Crippen molar-refractivity contribution in [3.8, 4) is 0 Å². The van der Waals surface area contributed by atoms with E-state index in [1.165, 1.54) is 12.3 Å². The van der Waals surface area contributed by atoms with Gasteiger partial charge >= 0.3 is 0 Å². The highest BCUT2D eigenvalue weighted by Crippen LogP contribution is 2.07. The lowest BCUT2D eigenvalue weighted by molar-refractivity contribution is 0.331. The Balaban J connectivity index is 2.73. The van der Waals surface area contributed by atoms with Crippen LogP contribution in [0.25, 0.3) is 0 Å². The molecule has 0 spiro atoms. The van der Waals surface area contributed by atoms with Crippen LogP contribution in [0.4, 0.5) is 0 Å². The number of nitrogens with one attached hydrogen (secondary N) is 1. The lowest BCUT2D eigenvalue weighted by Crippen LogP contribution is -2.47. The number of hydrogen-bond acceptors (Lipinski definition) is 5.